The van der Waals surface area contributed by atoms with E-state index in [0.29, 0.717) is 36.6 Å². The lowest BCUT2D eigenvalue weighted by Crippen LogP contribution is -2.44. The lowest BCUT2D eigenvalue weighted by atomic mass is 9.77. The molecule has 2 saturated heterocycles. The number of likely N-dealkylation sites (tertiary alicyclic amines) is 1. The lowest BCUT2D eigenvalue weighted by molar-refractivity contribution is -0.135. The number of hydrogen-bond acceptors (Lipinski definition) is 8. The molecule has 2 fully saturated rings. The third-order valence-electron chi connectivity index (χ3n) is 7.44. The maximum Gasteiger partial charge on any atom is 0.228 e. The topological polar surface area (TPSA) is 93.6 Å². The normalized spacial score (nSPS) is 15.8. The summed E-state index contributed by atoms with van der Waals surface area (Å²) in [7, 11) is 1.90. The van der Waals surface area contributed by atoms with Crippen LogP contribution in [-0.4, -0.2) is 57.4 Å². The molecule has 0 aliphatic carbocycles. The Morgan fingerprint density at radius 1 is 0.732 bits per heavy atom. The van der Waals surface area contributed by atoms with Gasteiger partial charge in [0.1, 0.15) is 13.2 Å². The Morgan fingerprint density at radius 3 is 1.66 bits per heavy atom. The Bertz CT molecular complexity index is 1380. The molecule has 0 bridgehead atoms. The van der Waals surface area contributed by atoms with Crippen molar-refractivity contribution in [1.29, 1.82) is 0 Å². The standard InChI is InChI=1S/C20H24N4O2.C11H9ClN2O/c1-23-10-7-20(18(23)25)8-11-24(12-9-20)19-21-13-17(14-22-19)26-15-16-5-3-2-4-6-16;12-11-13-6-10(7-14-11)15-8-9-4-2-1-3-5-9/h2-6,13-14H,7-12,15H2,1H3;1-7H,8H2. The second-order valence-electron chi connectivity index (χ2n) is 10.2. The molecule has 4 aromatic rings. The largest absolute Gasteiger partial charge is 0.486 e. The van der Waals surface area contributed by atoms with Crippen LogP contribution in [0.4, 0.5) is 5.95 Å². The van der Waals surface area contributed by atoms with Gasteiger partial charge in [-0.15, -0.1) is 0 Å². The van der Waals surface area contributed by atoms with Crippen LogP contribution in [-0.2, 0) is 18.0 Å². The van der Waals surface area contributed by atoms with E-state index in [1.807, 2.05) is 72.6 Å². The molecule has 0 unspecified atom stereocenters. The fourth-order valence-corrected chi connectivity index (χ4v) is 5.10. The van der Waals surface area contributed by atoms with Gasteiger partial charge in [-0.1, -0.05) is 60.7 Å². The highest BCUT2D eigenvalue weighted by Crippen LogP contribution is 2.41. The van der Waals surface area contributed by atoms with Crippen LogP contribution >= 0.6 is 11.6 Å². The average molecular weight is 573 g/mol. The summed E-state index contributed by atoms with van der Waals surface area (Å²) in [5.74, 6) is 2.30. The van der Waals surface area contributed by atoms with Crippen LogP contribution < -0.4 is 14.4 Å². The predicted octanol–water partition coefficient (Wildman–Crippen LogP) is 5.21. The molecule has 1 amide bonds. The molecular formula is C31H33ClN6O3. The number of anilines is 1. The highest BCUT2D eigenvalue weighted by atomic mass is 35.5. The molecule has 9 nitrogen and oxygen atoms in total. The average Bonchev–Trinajstić information content (AvgIpc) is 3.30. The van der Waals surface area contributed by atoms with E-state index in [1.165, 1.54) is 0 Å². The SMILES string of the molecule is CN1CCC2(CCN(c3ncc(OCc4ccccc4)cn3)CC2)C1=O.Clc1ncc(OCc2ccccc2)cn1. The summed E-state index contributed by atoms with van der Waals surface area (Å²) in [6.07, 6.45) is 9.30. The number of ether oxygens (including phenoxy) is 2. The van der Waals surface area contributed by atoms with Crippen LogP contribution in [0, 0.1) is 5.41 Å². The van der Waals surface area contributed by atoms with Crippen LogP contribution in [0.15, 0.2) is 85.5 Å². The van der Waals surface area contributed by atoms with E-state index in [0.717, 1.165) is 50.0 Å². The van der Waals surface area contributed by atoms with Crippen LogP contribution in [0.3, 0.4) is 0 Å². The first-order valence-electron chi connectivity index (χ1n) is 13.6. The summed E-state index contributed by atoms with van der Waals surface area (Å²) in [5.41, 5.74) is 2.07. The van der Waals surface area contributed by atoms with Crippen molar-refractivity contribution in [3.63, 3.8) is 0 Å². The highest BCUT2D eigenvalue weighted by Gasteiger charge is 2.47. The number of rotatable bonds is 7. The number of aromatic nitrogens is 4. The lowest BCUT2D eigenvalue weighted by Gasteiger charge is -2.37. The highest BCUT2D eigenvalue weighted by molar-refractivity contribution is 6.28. The maximum atomic E-state index is 12.4. The predicted molar refractivity (Wildman–Crippen MR) is 157 cm³/mol. The number of halogens is 1. The number of carbonyl (C=O) groups excluding carboxylic acids is 1. The van der Waals surface area contributed by atoms with Crippen LogP contribution in [0.1, 0.15) is 30.4 Å². The van der Waals surface area contributed by atoms with Gasteiger partial charge in [-0.05, 0) is 42.0 Å². The van der Waals surface area contributed by atoms with E-state index in [2.05, 4.69) is 24.8 Å². The monoisotopic (exact) mass is 572 g/mol. The third kappa shape index (κ3) is 7.49. The zero-order valence-corrected chi connectivity index (χ0v) is 23.8. The molecule has 41 heavy (non-hydrogen) atoms. The van der Waals surface area contributed by atoms with Gasteiger partial charge in [0.05, 0.1) is 30.2 Å². The first-order chi connectivity index (χ1) is 20.0. The number of hydrogen-bond donors (Lipinski definition) is 0. The Balaban J connectivity index is 0.000000191. The van der Waals surface area contributed by atoms with Crippen LogP contribution in [0.5, 0.6) is 11.5 Å². The van der Waals surface area contributed by atoms with Gasteiger partial charge in [0.25, 0.3) is 0 Å². The zero-order valence-electron chi connectivity index (χ0n) is 23.0. The van der Waals surface area contributed by atoms with E-state index in [9.17, 15) is 4.79 Å². The first-order valence-corrected chi connectivity index (χ1v) is 14.0. The van der Waals surface area contributed by atoms with Gasteiger partial charge < -0.3 is 19.3 Å². The van der Waals surface area contributed by atoms with Crippen molar-refractivity contribution in [3.8, 4) is 11.5 Å². The molecule has 0 atom stereocenters. The van der Waals surface area contributed by atoms with Crippen molar-refractivity contribution in [2.75, 3.05) is 31.6 Å². The molecule has 2 aliphatic heterocycles. The Morgan fingerprint density at radius 2 is 1.20 bits per heavy atom. The van der Waals surface area contributed by atoms with Crippen molar-refractivity contribution in [3.05, 3.63) is 102 Å². The van der Waals surface area contributed by atoms with E-state index in [4.69, 9.17) is 21.1 Å². The minimum atomic E-state index is -0.149. The number of piperidine rings is 1. The van der Waals surface area contributed by atoms with Gasteiger partial charge in [0, 0.05) is 26.7 Å². The minimum absolute atomic E-state index is 0.149. The van der Waals surface area contributed by atoms with E-state index in [1.54, 1.807) is 24.8 Å². The van der Waals surface area contributed by atoms with Crippen LogP contribution in [0.25, 0.3) is 0 Å². The van der Waals surface area contributed by atoms with Gasteiger partial charge in [-0.3, -0.25) is 4.79 Å². The Kier molecular flexibility index (Phi) is 9.26. The van der Waals surface area contributed by atoms with Crippen LogP contribution in [0.2, 0.25) is 5.28 Å². The third-order valence-corrected chi connectivity index (χ3v) is 7.63. The quantitative estimate of drug-likeness (QED) is 0.279. The second kappa shape index (κ2) is 13.4. The number of benzene rings is 2. The van der Waals surface area contributed by atoms with E-state index >= 15 is 0 Å². The fraction of sp³-hybridized carbons (Fsp3) is 0.323. The maximum absolute atomic E-state index is 12.4. The molecule has 0 radical (unpaired) electrons. The van der Waals surface area contributed by atoms with Gasteiger partial charge >= 0.3 is 0 Å². The smallest absolute Gasteiger partial charge is 0.228 e. The first kappa shape index (κ1) is 28.3. The van der Waals surface area contributed by atoms with Crippen molar-refractivity contribution < 1.29 is 14.3 Å². The second-order valence-corrected chi connectivity index (χ2v) is 10.5. The molecule has 2 aromatic heterocycles. The molecule has 4 heterocycles. The molecule has 10 heteroatoms. The number of carbonyl (C=O) groups is 1. The van der Waals surface area contributed by atoms with Crippen molar-refractivity contribution in [2.45, 2.75) is 32.5 Å². The van der Waals surface area contributed by atoms with E-state index in [-0.39, 0.29) is 10.7 Å². The Hall–Kier alpha value is -4.24. The van der Waals surface area contributed by atoms with Crippen molar-refractivity contribution in [1.82, 2.24) is 24.8 Å². The summed E-state index contributed by atoms with van der Waals surface area (Å²) in [5, 5.41) is 0.224. The molecule has 6 rings (SSSR count). The summed E-state index contributed by atoms with van der Waals surface area (Å²) in [6.45, 7) is 3.54. The molecule has 2 aromatic carbocycles. The molecule has 0 N–H and O–H groups in total. The molecule has 0 saturated carbocycles. The summed E-state index contributed by atoms with van der Waals surface area (Å²) < 4.78 is 11.2. The number of amides is 1. The van der Waals surface area contributed by atoms with Gasteiger partial charge in [-0.25, -0.2) is 19.9 Å². The summed E-state index contributed by atoms with van der Waals surface area (Å²) in [6, 6.07) is 19.9. The van der Waals surface area contributed by atoms with Gasteiger partial charge in [0.15, 0.2) is 11.5 Å². The Labute approximate surface area is 245 Å². The zero-order chi connectivity index (χ0) is 28.5. The molecule has 1 spiro atoms. The van der Waals surface area contributed by atoms with Crippen molar-refractivity contribution >= 4 is 23.5 Å². The summed E-state index contributed by atoms with van der Waals surface area (Å²) in [4.78, 5) is 33.0. The molecule has 212 valence electrons. The number of nitrogens with zero attached hydrogens (tertiary/aromatic N) is 6. The fourth-order valence-electron chi connectivity index (χ4n) is 5.00. The molecular weight excluding hydrogens is 540 g/mol. The van der Waals surface area contributed by atoms with Gasteiger partial charge in [-0.2, -0.15) is 0 Å². The van der Waals surface area contributed by atoms with Gasteiger partial charge in [0.2, 0.25) is 17.1 Å². The van der Waals surface area contributed by atoms with E-state index < -0.39 is 0 Å². The minimum Gasteiger partial charge on any atom is -0.486 e. The summed E-state index contributed by atoms with van der Waals surface area (Å²) >= 11 is 5.55. The molecule has 2 aliphatic rings. The van der Waals surface area contributed by atoms with Crippen molar-refractivity contribution in [2.24, 2.45) is 5.41 Å².